The molecule has 0 aliphatic carbocycles. The Morgan fingerprint density at radius 1 is 1.17 bits per heavy atom. The first-order chi connectivity index (χ1) is 11.0. The Morgan fingerprint density at radius 3 is 2.17 bits per heavy atom. The van der Waals surface area contributed by atoms with Crippen molar-refractivity contribution in [2.24, 2.45) is 11.8 Å². The molecule has 6 heteroatoms. The summed E-state index contributed by atoms with van der Waals surface area (Å²) >= 11 is 5.90. The fourth-order valence-electron chi connectivity index (χ4n) is 3.04. The first kappa shape index (κ1) is 18.0. The van der Waals surface area contributed by atoms with Crippen molar-refractivity contribution < 1.29 is 14.3 Å². The van der Waals surface area contributed by atoms with E-state index in [1.165, 1.54) is 0 Å². The van der Waals surface area contributed by atoms with Crippen molar-refractivity contribution in [3.63, 3.8) is 0 Å². The quantitative estimate of drug-likeness (QED) is 0.762. The molecule has 0 N–H and O–H groups in total. The van der Waals surface area contributed by atoms with Crippen LogP contribution in [0.3, 0.4) is 0 Å². The fraction of sp³-hybridized carbons (Fsp3) is 0.588. The van der Waals surface area contributed by atoms with Crippen molar-refractivity contribution in [1.29, 1.82) is 0 Å². The highest BCUT2D eigenvalue weighted by molar-refractivity contribution is 6.30. The van der Waals surface area contributed by atoms with Crippen LogP contribution in [-0.2, 0) is 14.3 Å². The third-order valence-corrected chi connectivity index (χ3v) is 4.58. The van der Waals surface area contributed by atoms with E-state index in [1.54, 1.807) is 14.2 Å². The lowest BCUT2D eigenvalue weighted by atomic mass is 9.98. The van der Waals surface area contributed by atoms with Gasteiger partial charge in [-0.15, -0.1) is 0 Å². The van der Waals surface area contributed by atoms with Crippen molar-refractivity contribution in [1.82, 2.24) is 4.90 Å². The molecule has 1 amide bonds. The van der Waals surface area contributed by atoms with E-state index >= 15 is 0 Å². The molecule has 1 aromatic rings. The van der Waals surface area contributed by atoms with Crippen LogP contribution >= 0.6 is 11.6 Å². The van der Waals surface area contributed by atoms with E-state index < -0.39 is 0 Å². The van der Waals surface area contributed by atoms with Crippen molar-refractivity contribution in [2.45, 2.75) is 0 Å². The molecule has 2 atom stereocenters. The second kappa shape index (κ2) is 8.52. The van der Waals surface area contributed by atoms with Gasteiger partial charge >= 0.3 is 0 Å². The zero-order valence-corrected chi connectivity index (χ0v) is 14.8. The highest BCUT2D eigenvalue weighted by Crippen LogP contribution is 2.25. The van der Waals surface area contributed by atoms with E-state index in [-0.39, 0.29) is 5.91 Å². The Hall–Kier alpha value is -1.30. The molecule has 0 aromatic heterocycles. The number of rotatable bonds is 7. The Labute approximate surface area is 143 Å². The maximum atomic E-state index is 12.6. The minimum absolute atomic E-state index is 0.127. The fourth-order valence-corrected chi connectivity index (χ4v) is 3.16. The van der Waals surface area contributed by atoms with Gasteiger partial charge in [-0.1, -0.05) is 11.6 Å². The number of likely N-dealkylation sites (N-methyl/N-ethyl adjacent to an activating group) is 1. The minimum atomic E-state index is 0.127. The van der Waals surface area contributed by atoms with Crippen LogP contribution < -0.4 is 4.90 Å². The summed E-state index contributed by atoms with van der Waals surface area (Å²) in [6.07, 6.45) is 0. The lowest BCUT2D eigenvalue weighted by Crippen LogP contribution is -2.38. The Balaban J connectivity index is 1.93. The molecule has 2 rings (SSSR count). The summed E-state index contributed by atoms with van der Waals surface area (Å²) in [6, 6.07) is 7.50. The highest BCUT2D eigenvalue weighted by Gasteiger charge is 2.35. The topological polar surface area (TPSA) is 42.0 Å². The average molecular weight is 341 g/mol. The molecular formula is C17H25ClN2O3. The summed E-state index contributed by atoms with van der Waals surface area (Å²) in [5.74, 6) is 0.802. The zero-order valence-electron chi connectivity index (χ0n) is 14.0. The predicted molar refractivity (Wildman–Crippen MR) is 92.0 cm³/mol. The number of hydrogen-bond acceptors (Lipinski definition) is 4. The van der Waals surface area contributed by atoms with Gasteiger partial charge in [0.25, 0.3) is 0 Å². The number of likely N-dealkylation sites (tertiary alicyclic amines) is 1. The van der Waals surface area contributed by atoms with Gasteiger partial charge in [0.15, 0.2) is 0 Å². The molecule has 0 radical (unpaired) electrons. The second-order valence-corrected chi connectivity index (χ2v) is 6.50. The number of ether oxygens (including phenoxy) is 2. The normalized spacial score (nSPS) is 20.8. The summed E-state index contributed by atoms with van der Waals surface area (Å²) in [4.78, 5) is 16.4. The molecule has 0 unspecified atom stereocenters. The monoisotopic (exact) mass is 340 g/mol. The number of carbonyl (C=O) groups excluding carboxylic acids is 1. The van der Waals surface area contributed by atoms with E-state index in [9.17, 15) is 4.79 Å². The van der Waals surface area contributed by atoms with Gasteiger partial charge in [0.05, 0.1) is 19.8 Å². The van der Waals surface area contributed by atoms with E-state index in [4.69, 9.17) is 21.1 Å². The van der Waals surface area contributed by atoms with Crippen LogP contribution in [0.25, 0.3) is 0 Å². The maximum absolute atomic E-state index is 12.6. The summed E-state index contributed by atoms with van der Waals surface area (Å²) in [6.45, 7) is 3.13. The van der Waals surface area contributed by atoms with Crippen molar-refractivity contribution in [3.8, 4) is 0 Å². The number of amides is 1. The molecule has 1 fully saturated rings. The van der Waals surface area contributed by atoms with Gasteiger partial charge in [-0.05, 0) is 24.3 Å². The van der Waals surface area contributed by atoms with Gasteiger partial charge in [0, 0.05) is 56.9 Å². The lowest BCUT2D eigenvalue weighted by Gasteiger charge is -2.23. The lowest BCUT2D eigenvalue weighted by molar-refractivity contribution is -0.128. The zero-order chi connectivity index (χ0) is 16.8. The second-order valence-electron chi connectivity index (χ2n) is 6.06. The molecular weight excluding hydrogens is 316 g/mol. The van der Waals surface area contributed by atoms with E-state index in [1.807, 2.05) is 41.1 Å². The van der Waals surface area contributed by atoms with Gasteiger partial charge in [-0.2, -0.15) is 0 Å². The minimum Gasteiger partial charge on any atom is -0.384 e. The molecule has 0 saturated carbocycles. The van der Waals surface area contributed by atoms with Gasteiger partial charge in [-0.25, -0.2) is 0 Å². The third kappa shape index (κ3) is 4.83. The molecule has 1 heterocycles. The number of benzene rings is 1. The van der Waals surface area contributed by atoms with Crippen LogP contribution in [0.2, 0.25) is 5.02 Å². The SMILES string of the molecule is COC[C@@H]1CN(C(=O)CN(C)c2ccc(Cl)cc2)C[C@H]1COC. The average Bonchev–Trinajstić information content (AvgIpc) is 2.92. The maximum Gasteiger partial charge on any atom is 0.242 e. The summed E-state index contributed by atoms with van der Waals surface area (Å²) in [5, 5.41) is 0.692. The smallest absolute Gasteiger partial charge is 0.242 e. The summed E-state index contributed by atoms with van der Waals surface area (Å²) < 4.78 is 10.6. The number of methoxy groups -OCH3 is 2. The number of nitrogens with zero attached hydrogens (tertiary/aromatic N) is 2. The Kier molecular flexibility index (Phi) is 6.69. The standard InChI is InChI=1S/C17H25ClN2O3/c1-19(16-6-4-15(18)5-7-16)10-17(21)20-8-13(11-22-2)14(9-20)12-23-3/h4-7,13-14H,8-12H2,1-3H3/t13-,14-/m0/s1. The van der Waals surface area contributed by atoms with Gasteiger partial charge < -0.3 is 19.3 Å². The highest BCUT2D eigenvalue weighted by atomic mass is 35.5. The van der Waals surface area contributed by atoms with Crippen LogP contribution in [0.15, 0.2) is 24.3 Å². The number of carbonyl (C=O) groups is 1. The first-order valence-corrected chi connectivity index (χ1v) is 8.15. The third-order valence-electron chi connectivity index (χ3n) is 4.33. The predicted octanol–water partition coefficient (Wildman–Crippen LogP) is 2.14. The molecule has 1 aliphatic heterocycles. The Morgan fingerprint density at radius 2 is 1.70 bits per heavy atom. The van der Waals surface area contributed by atoms with Gasteiger partial charge in [0.1, 0.15) is 0 Å². The number of halogens is 1. The summed E-state index contributed by atoms with van der Waals surface area (Å²) in [7, 11) is 5.31. The molecule has 5 nitrogen and oxygen atoms in total. The first-order valence-electron chi connectivity index (χ1n) is 7.77. The van der Waals surface area contributed by atoms with Crippen LogP contribution in [0.5, 0.6) is 0 Å². The van der Waals surface area contributed by atoms with Gasteiger partial charge in [-0.3, -0.25) is 4.79 Å². The van der Waals surface area contributed by atoms with Crippen molar-refractivity contribution in [3.05, 3.63) is 29.3 Å². The van der Waals surface area contributed by atoms with Crippen LogP contribution in [0.1, 0.15) is 0 Å². The molecule has 0 bridgehead atoms. The summed E-state index contributed by atoms with van der Waals surface area (Å²) in [5.41, 5.74) is 0.976. The van der Waals surface area contributed by atoms with Gasteiger partial charge in [0.2, 0.25) is 5.91 Å². The molecule has 23 heavy (non-hydrogen) atoms. The molecule has 0 spiro atoms. The van der Waals surface area contributed by atoms with Crippen LogP contribution in [-0.4, -0.2) is 64.9 Å². The van der Waals surface area contributed by atoms with E-state index in [0.29, 0.717) is 36.6 Å². The molecule has 1 aliphatic rings. The van der Waals surface area contributed by atoms with Crippen LogP contribution in [0.4, 0.5) is 5.69 Å². The number of hydrogen-bond donors (Lipinski definition) is 0. The Bertz CT molecular complexity index is 495. The largest absolute Gasteiger partial charge is 0.384 e. The molecule has 1 aromatic carbocycles. The molecule has 1 saturated heterocycles. The van der Waals surface area contributed by atoms with Crippen molar-refractivity contribution >= 4 is 23.2 Å². The van der Waals surface area contributed by atoms with Crippen molar-refractivity contribution in [2.75, 3.05) is 59.0 Å². The number of anilines is 1. The van der Waals surface area contributed by atoms with E-state index in [0.717, 1.165) is 18.8 Å². The van der Waals surface area contributed by atoms with E-state index in [2.05, 4.69) is 0 Å². The molecule has 128 valence electrons. The van der Waals surface area contributed by atoms with Crippen LogP contribution in [0, 0.1) is 11.8 Å².